The van der Waals surface area contributed by atoms with Crippen LogP contribution in [-0.2, 0) is 13.1 Å². The molecule has 1 aromatic carbocycles. The van der Waals surface area contributed by atoms with Crippen LogP contribution in [0.15, 0.2) is 42.6 Å². The Bertz CT molecular complexity index is 480. The van der Waals surface area contributed by atoms with Gasteiger partial charge in [-0.2, -0.15) is 0 Å². The lowest BCUT2D eigenvalue weighted by atomic mass is 10.2. The predicted molar refractivity (Wildman–Crippen MR) is 67.6 cm³/mol. The van der Waals surface area contributed by atoms with Crippen molar-refractivity contribution in [1.82, 2.24) is 10.3 Å². The predicted octanol–water partition coefficient (Wildman–Crippen LogP) is 2.39. The van der Waals surface area contributed by atoms with Crippen LogP contribution in [0.4, 0.5) is 0 Å². The molecular formula is C14H16N2O. The van der Waals surface area contributed by atoms with Gasteiger partial charge in [0.1, 0.15) is 5.75 Å². The normalized spacial score (nSPS) is 10.4. The minimum atomic E-state index is 0.300. The van der Waals surface area contributed by atoms with Gasteiger partial charge in [0, 0.05) is 19.3 Å². The molecule has 0 aliphatic carbocycles. The molecule has 2 N–H and O–H groups in total. The molecule has 0 amide bonds. The third-order valence-electron chi connectivity index (χ3n) is 2.68. The van der Waals surface area contributed by atoms with E-state index in [1.54, 1.807) is 12.1 Å². The molecule has 2 aromatic rings. The van der Waals surface area contributed by atoms with E-state index < -0.39 is 0 Å². The molecule has 3 heteroatoms. The number of pyridine rings is 1. The number of hydrogen-bond donors (Lipinski definition) is 2. The van der Waals surface area contributed by atoms with E-state index in [1.165, 1.54) is 5.56 Å². The van der Waals surface area contributed by atoms with Gasteiger partial charge in [0.2, 0.25) is 0 Å². The molecule has 0 spiro atoms. The third kappa shape index (κ3) is 3.29. The largest absolute Gasteiger partial charge is 0.508 e. The van der Waals surface area contributed by atoms with Crippen molar-refractivity contribution >= 4 is 0 Å². The molecule has 88 valence electrons. The number of hydrogen-bond acceptors (Lipinski definition) is 3. The Morgan fingerprint density at radius 3 is 2.59 bits per heavy atom. The van der Waals surface area contributed by atoms with Crippen molar-refractivity contribution in [2.24, 2.45) is 0 Å². The zero-order valence-corrected chi connectivity index (χ0v) is 9.85. The highest BCUT2D eigenvalue weighted by Gasteiger charge is 1.98. The highest BCUT2D eigenvalue weighted by molar-refractivity contribution is 5.25. The summed E-state index contributed by atoms with van der Waals surface area (Å²) in [5, 5.41) is 12.5. The van der Waals surface area contributed by atoms with E-state index in [4.69, 9.17) is 5.11 Å². The third-order valence-corrected chi connectivity index (χ3v) is 2.68. The van der Waals surface area contributed by atoms with Crippen LogP contribution in [0.3, 0.4) is 0 Å². The zero-order chi connectivity index (χ0) is 12.1. The van der Waals surface area contributed by atoms with Crippen molar-refractivity contribution in [1.29, 1.82) is 0 Å². The average molecular weight is 228 g/mol. The smallest absolute Gasteiger partial charge is 0.115 e. The Kier molecular flexibility index (Phi) is 3.73. The minimum absolute atomic E-state index is 0.300. The van der Waals surface area contributed by atoms with Crippen LogP contribution in [0.25, 0.3) is 0 Å². The molecule has 0 bridgehead atoms. The Morgan fingerprint density at radius 1 is 1.12 bits per heavy atom. The zero-order valence-electron chi connectivity index (χ0n) is 9.85. The molecule has 0 radical (unpaired) electrons. The van der Waals surface area contributed by atoms with Crippen LogP contribution in [0.1, 0.15) is 16.8 Å². The number of aryl methyl sites for hydroxylation is 1. The van der Waals surface area contributed by atoms with Crippen LogP contribution >= 0.6 is 0 Å². The summed E-state index contributed by atoms with van der Waals surface area (Å²) >= 11 is 0. The van der Waals surface area contributed by atoms with Gasteiger partial charge in [0.25, 0.3) is 0 Å². The van der Waals surface area contributed by atoms with Gasteiger partial charge in [-0.3, -0.25) is 4.98 Å². The molecule has 3 nitrogen and oxygen atoms in total. The first kappa shape index (κ1) is 11.6. The van der Waals surface area contributed by atoms with Gasteiger partial charge in [-0.05, 0) is 36.2 Å². The Hall–Kier alpha value is -1.87. The Balaban J connectivity index is 1.88. The van der Waals surface area contributed by atoms with Crippen molar-refractivity contribution in [2.45, 2.75) is 20.0 Å². The van der Waals surface area contributed by atoms with Crippen LogP contribution in [0.5, 0.6) is 5.75 Å². The van der Waals surface area contributed by atoms with Crippen LogP contribution in [-0.4, -0.2) is 10.1 Å². The number of aromatic nitrogens is 1. The number of phenols is 1. The van der Waals surface area contributed by atoms with E-state index >= 15 is 0 Å². The molecular weight excluding hydrogens is 212 g/mol. The molecule has 0 aliphatic heterocycles. The monoisotopic (exact) mass is 228 g/mol. The summed E-state index contributed by atoms with van der Waals surface area (Å²) in [6, 6.07) is 11.2. The second-order valence-corrected chi connectivity index (χ2v) is 4.04. The maximum absolute atomic E-state index is 9.17. The fourth-order valence-electron chi connectivity index (χ4n) is 1.64. The molecule has 0 aliphatic rings. The number of rotatable bonds is 4. The summed E-state index contributed by atoms with van der Waals surface area (Å²) in [5.41, 5.74) is 3.42. The van der Waals surface area contributed by atoms with Crippen molar-refractivity contribution in [2.75, 3.05) is 0 Å². The summed E-state index contributed by atoms with van der Waals surface area (Å²) in [6.07, 6.45) is 1.81. The fourth-order valence-corrected chi connectivity index (χ4v) is 1.64. The molecule has 1 heterocycles. The van der Waals surface area contributed by atoms with Gasteiger partial charge in [-0.1, -0.05) is 18.2 Å². The second kappa shape index (κ2) is 5.46. The molecule has 0 saturated carbocycles. The fraction of sp³-hybridized carbons (Fsp3) is 0.214. The van der Waals surface area contributed by atoms with Gasteiger partial charge in [-0.15, -0.1) is 0 Å². The van der Waals surface area contributed by atoms with Gasteiger partial charge in [0.05, 0.1) is 5.69 Å². The average Bonchev–Trinajstić information content (AvgIpc) is 2.34. The summed E-state index contributed by atoms with van der Waals surface area (Å²) < 4.78 is 0. The van der Waals surface area contributed by atoms with Gasteiger partial charge in [-0.25, -0.2) is 0 Å². The lowest BCUT2D eigenvalue weighted by molar-refractivity contribution is 0.475. The molecule has 0 unspecified atom stereocenters. The first-order chi connectivity index (χ1) is 8.25. The first-order valence-electron chi connectivity index (χ1n) is 5.65. The lowest BCUT2D eigenvalue weighted by Crippen LogP contribution is -2.14. The van der Waals surface area contributed by atoms with Crippen LogP contribution < -0.4 is 5.32 Å². The van der Waals surface area contributed by atoms with Crippen LogP contribution in [0.2, 0.25) is 0 Å². The number of phenolic OH excluding ortho intramolecular Hbond substituents is 1. The summed E-state index contributed by atoms with van der Waals surface area (Å²) in [4.78, 5) is 4.32. The SMILES string of the molecule is Cc1cccnc1CNCc1ccc(O)cc1. The van der Waals surface area contributed by atoms with E-state index in [2.05, 4.69) is 23.3 Å². The molecule has 0 saturated heterocycles. The number of benzene rings is 1. The maximum Gasteiger partial charge on any atom is 0.115 e. The number of nitrogens with zero attached hydrogens (tertiary/aromatic N) is 1. The van der Waals surface area contributed by atoms with Crippen molar-refractivity contribution in [3.63, 3.8) is 0 Å². The van der Waals surface area contributed by atoms with E-state index in [1.807, 2.05) is 24.4 Å². The van der Waals surface area contributed by atoms with Crippen molar-refractivity contribution in [3.8, 4) is 5.75 Å². The lowest BCUT2D eigenvalue weighted by Gasteiger charge is -2.06. The Labute approximate surface area is 101 Å². The minimum Gasteiger partial charge on any atom is -0.508 e. The second-order valence-electron chi connectivity index (χ2n) is 4.04. The molecule has 1 aromatic heterocycles. The summed E-state index contributed by atoms with van der Waals surface area (Å²) in [5.74, 6) is 0.300. The van der Waals surface area contributed by atoms with Gasteiger partial charge in [0.15, 0.2) is 0 Å². The number of nitrogens with one attached hydrogen (secondary N) is 1. The molecule has 0 atom stereocenters. The van der Waals surface area contributed by atoms with E-state index in [9.17, 15) is 0 Å². The molecule has 17 heavy (non-hydrogen) atoms. The summed E-state index contributed by atoms with van der Waals surface area (Å²) in [7, 11) is 0. The molecule has 0 fully saturated rings. The Morgan fingerprint density at radius 2 is 1.88 bits per heavy atom. The quantitative estimate of drug-likeness (QED) is 0.844. The number of aromatic hydroxyl groups is 1. The van der Waals surface area contributed by atoms with Gasteiger partial charge >= 0.3 is 0 Å². The van der Waals surface area contributed by atoms with E-state index in [0.717, 1.165) is 24.3 Å². The van der Waals surface area contributed by atoms with Crippen LogP contribution in [0, 0.1) is 6.92 Å². The maximum atomic E-state index is 9.17. The van der Waals surface area contributed by atoms with E-state index in [0.29, 0.717) is 5.75 Å². The topological polar surface area (TPSA) is 45.2 Å². The summed E-state index contributed by atoms with van der Waals surface area (Å²) in [6.45, 7) is 3.59. The first-order valence-corrected chi connectivity index (χ1v) is 5.65. The highest BCUT2D eigenvalue weighted by Crippen LogP contribution is 2.09. The highest BCUT2D eigenvalue weighted by atomic mass is 16.3. The van der Waals surface area contributed by atoms with Gasteiger partial charge < -0.3 is 10.4 Å². The van der Waals surface area contributed by atoms with Crippen molar-refractivity contribution in [3.05, 3.63) is 59.4 Å². The standard InChI is InChI=1S/C14H16N2O/c1-11-3-2-8-16-14(11)10-15-9-12-4-6-13(17)7-5-12/h2-8,15,17H,9-10H2,1H3. The van der Waals surface area contributed by atoms with Crippen molar-refractivity contribution < 1.29 is 5.11 Å². The van der Waals surface area contributed by atoms with E-state index in [-0.39, 0.29) is 0 Å². The molecule has 2 rings (SSSR count).